The molecule has 0 radical (unpaired) electrons. The summed E-state index contributed by atoms with van der Waals surface area (Å²) in [6, 6.07) is 0. The smallest absolute Gasteiger partial charge is 0.192 e. The SMILES string of the molecule is CC1(O)CCN(c2nccnc2C(N)=NO)CC1. The van der Waals surface area contributed by atoms with Gasteiger partial charge in [0, 0.05) is 25.5 Å². The predicted octanol–water partition coefficient (Wildman–Crippen LogP) is -0.0777. The molecule has 1 aliphatic rings. The Kier molecular flexibility index (Phi) is 3.33. The molecule has 18 heavy (non-hydrogen) atoms. The maximum absolute atomic E-state index is 9.91. The largest absolute Gasteiger partial charge is 0.409 e. The molecule has 0 unspecified atom stereocenters. The number of rotatable bonds is 2. The molecule has 4 N–H and O–H groups in total. The molecule has 1 fully saturated rings. The molecule has 2 heterocycles. The third-order valence-electron chi connectivity index (χ3n) is 3.17. The molecule has 0 saturated carbocycles. The van der Waals surface area contributed by atoms with E-state index >= 15 is 0 Å². The fourth-order valence-electron chi connectivity index (χ4n) is 1.99. The van der Waals surface area contributed by atoms with Crippen LogP contribution in [0.4, 0.5) is 5.82 Å². The van der Waals surface area contributed by atoms with Gasteiger partial charge in [0.15, 0.2) is 17.3 Å². The zero-order valence-electron chi connectivity index (χ0n) is 10.2. The Morgan fingerprint density at radius 2 is 2.00 bits per heavy atom. The Balaban J connectivity index is 2.24. The van der Waals surface area contributed by atoms with Crippen LogP contribution in [-0.2, 0) is 0 Å². The van der Waals surface area contributed by atoms with Gasteiger partial charge in [-0.25, -0.2) is 9.97 Å². The van der Waals surface area contributed by atoms with Crippen molar-refractivity contribution in [3.05, 3.63) is 18.1 Å². The van der Waals surface area contributed by atoms with Gasteiger partial charge in [0.05, 0.1) is 5.60 Å². The number of nitrogens with zero attached hydrogens (tertiary/aromatic N) is 4. The minimum Gasteiger partial charge on any atom is -0.409 e. The van der Waals surface area contributed by atoms with Gasteiger partial charge in [-0.15, -0.1) is 0 Å². The molecule has 0 atom stereocenters. The van der Waals surface area contributed by atoms with Crippen LogP contribution in [-0.4, -0.2) is 44.8 Å². The molecule has 0 amide bonds. The van der Waals surface area contributed by atoms with Gasteiger partial charge in [0.2, 0.25) is 0 Å². The van der Waals surface area contributed by atoms with Crippen LogP contribution < -0.4 is 10.6 Å². The molecule has 1 saturated heterocycles. The molecular weight excluding hydrogens is 234 g/mol. The van der Waals surface area contributed by atoms with E-state index in [4.69, 9.17) is 10.9 Å². The Morgan fingerprint density at radius 3 is 2.61 bits per heavy atom. The first-order chi connectivity index (χ1) is 8.53. The number of amidine groups is 1. The number of nitrogens with two attached hydrogens (primary N) is 1. The van der Waals surface area contributed by atoms with Crippen LogP contribution in [0.1, 0.15) is 25.5 Å². The van der Waals surface area contributed by atoms with Gasteiger partial charge >= 0.3 is 0 Å². The molecule has 7 heteroatoms. The van der Waals surface area contributed by atoms with Gasteiger partial charge < -0.3 is 20.9 Å². The molecule has 7 nitrogen and oxygen atoms in total. The first-order valence-corrected chi connectivity index (χ1v) is 5.80. The van der Waals surface area contributed by atoms with Crippen molar-refractivity contribution >= 4 is 11.7 Å². The fraction of sp³-hybridized carbons (Fsp3) is 0.545. The summed E-state index contributed by atoms with van der Waals surface area (Å²) in [7, 11) is 0. The first kappa shape index (κ1) is 12.6. The Labute approximate surface area is 105 Å². The van der Waals surface area contributed by atoms with Crippen molar-refractivity contribution in [1.82, 2.24) is 9.97 Å². The van der Waals surface area contributed by atoms with E-state index in [-0.39, 0.29) is 5.84 Å². The fourth-order valence-corrected chi connectivity index (χ4v) is 1.99. The zero-order chi connectivity index (χ0) is 13.2. The summed E-state index contributed by atoms with van der Waals surface area (Å²) in [5, 5.41) is 21.6. The maximum atomic E-state index is 9.91. The van der Waals surface area contributed by atoms with E-state index in [1.807, 2.05) is 11.8 Å². The summed E-state index contributed by atoms with van der Waals surface area (Å²) in [6.45, 7) is 3.15. The van der Waals surface area contributed by atoms with Crippen molar-refractivity contribution in [2.75, 3.05) is 18.0 Å². The second kappa shape index (κ2) is 4.77. The van der Waals surface area contributed by atoms with Crippen molar-refractivity contribution < 1.29 is 10.3 Å². The van der Waals surface area contributed by atoms with Crippen LogP contribution in [0.2, 0.25) is 0 Å². The van der Waals surface area contributed by atoms with Crippen LogP contribution >= 0.6 is 0 Å². The van der Waals surface area contributed by atoms with Gasteiger partial charge in [-0.3, -0.25) is 0 Å². The second-order valence-corrected chi connectivity index (χ2v) is 4.70. The monoisotopic (exact) mass is 251 g/mol. The average molecular weight is 251 g/mol. The van der Waals surface area contributed by atoms with Crippen molar-refractivity contribution in [2.45, 2.75) is 25.4 Å². The Hall–Kier alpha value is -1.89. The van der Waals surface area contributed by atoms with Crippen molar-refractivity contribution in [3.8, 4) is 0 Å². The Bertz CT molecular complexity index is 451. The summed E-state index contributed by atoms with van der Waals surface area (Å²) in [5.74, 6) is 0.527. The Morgan fingerprint density at radius 1 is 1.39 bits per heavy atom. The topological polar surface area (TPSA) is 108 Å². The van der Waals surface area contributed by atoms with Gasteiger partial charge in [0.1, 0.15) is 0 Å². The number of anilines is 1. The van der Waals surface area contributed by atoms with Crippen LogP contribution in [0, 0.1) is 0 Å². The van der Waals surface area contributed by atoms with Gasteiger partial charge in [0.25, 0.3) is 0 Å². The lowest BCUT2D eigenvalue weighted by atomic mass is 9.94. The lowest BCUT2D eigenvalue weighted by Gasteiger charge is -2.36. The summed E-state index contributed by atoms with van der Waals surface area (Å²) in [4.78, 5) is 10.3. The standard InChI is InChI=1S/C11H17N5O2/c1-11(17)2-6-16(7-3-11)10-8(9(12)15-18)13-4-5-14-10/h4-5,17-18H,2-3,6-7H2,1H3,(H2,12,15). The molecular formula is C11H17N5O2. The summed E-state index contributed by atoms with van der Waals surface area (Å²) < 4.78 is 0. The minimum atomic E-state index is -0.629. The molecule has 0 aromatic carbocycles. The number of aromatic nitrogens is 2. The highest BCUT2D eigenvalue weighted by Gasteiger charge is 2.29. The molecule has 0 bridgehead atoms. The highest BCUT2D eigenvalue weighted by Crippen LogP contribution is 2.25. The summed E-state index contributed by atoms with van der Waals surface area (Å²) in [6.07, 6.45) is 4.37. The molecule has 98 valence electrons. The molecule has 1 aliphatic heterocycles. The van der Waals surface area contributed by atoms with E-state index in [9.17, 15) is 5.11 Å². The number of aliphatic hydroxyl groups is 1. The van der Waals surface area contributed by atoms with Gasteiger partial charge in [-0.05, 0) is 19.8 Å². The van der Waals surface area contributed by atoms with E-state index < -0.39 is 5.60 Å². The number of piperidine rings is 1. The number of oxime groups is 1. The van der Waals surface area contributed by atoms with Crippen molar-refractivity contribution in [3.63, 3.8) is 0 Å². The van der Waals surface area contributed by atoms with E-state index in [2.05, 4.69) is 15.1 Å². The van der Waals surface area contributed by atoms with Crippen LogP contribution in [0.15, 0.2) is 17.5 Å². The van der Waals surface area contributed by atoms with Crippen LogP contribution in [0.3, 0.4) is 0 Å². The van der Waals surface area contributed by atoms with E-state index in [0.717, 1.165) is 0 Å². The lowest BCUT2D eigenvalue weighted by Crippen LogP contribution is -2.43. The van der Waals surface area contributed by atoms with Crippen LogP contribution in [0.25, 0.3) is 0 Å². The second-order valence-electron chi connectivity index (χ2n) is 4.70. The molecule has 1 aromatic rings. The molecule has 2 rings (SSSR count). The molecule has 0 spiro atoms. The third-order valence-corrected chi connectivity index (χ3v) is 3.17. The van der Waals surface area contributed by atoms with E-state index in [1.165, 1.54) is 6.20 Å². The molecule has 1 aromatic heterocycles. The molecule has 0 aliphatic carbocycles. The number of hydrogen-bond donors (Lipinski definition) is 3. The summed E-state index contributed by atoms with van der Waals surface area (Å²) >= 11 is 0. The van der Waals surface area contributed by atoms with Crippen molar-refractivity contribution in [1.29, 1.82) is 0 Å². The van der Waals surface area contributed by atoms with Gasteiger partial charge in [-0.2, -0.15) is 0 Å². The minimum absolute atomic E-state index is 0.0598. The quantitative estimate of drug-likeness (QED) is 0.294. The van der Waals surface area contributed by atoms with Crippen LogP contribution in [0.5, 0.6) is 0 Å². The highest BCUT2D eigenvalue weighted by molar-refractivity contribution is 5.99. The van der Waals surface area contributed by atoms with Crippen molar-refractivity contribution in [2.24, 2.45) is 10.9 Å². The normalized spacial score (nSPS) is 19.9. The van der Waals surface area contributed by atoms with E-state index in [1.54, 1.807) is 6.20 Å². The first-order valence-electron chi connectivity index (χ1n) is 5.80. The summed E-state index contributed by atoms with van der Waals surface area (Å²) in [5.41, 5.74) is 5.31. The number of hydrogen-bond acceptors (Lipinski definition) is 6. The predicted molar refractivity (Wildman–Crippen MR) is 66.6 cm³/mol. The third kappa shape index (κ3) is 2.51. The lowest BCUT2D eigenvalue weighted by molar-refractivity contribution is 0.0350. The highest BCUT2D eigenvalue weighted by atomic mass is 16.4. The van der Waals surface area contributed by atoms with Gasteiger partial charge in [-0.1, -0.05) is 5.16 Å². The maximum Gasteiger partial charge on any atom is 0.192 e. The zero-order valence-corrected chi connectivity index (χ0v) is 10.2. The average Bonchev–Trinajstić information content (AvgIpc) is 2.38. The van der Waals surface area contributed by atoms with E-state index in [0.29, 0.717) is 37.4 Å².